The lowest BCUT2D eigenvalue weighted by Crippen LogP contribution is -2.23. The van der Waals surface area contributed by atoms with Gasteiger partial charge in [-0.05, 0) is 36.4 Å². The van der Waals surface area contributed by atoms with Crippen LogP contribution in [0.5, 0.6) is 0 Å². The summed E-state index contributed by atoms with van der Waals surface area (Å²) in [6.45, 7) is 4.05. The number of carboxylic acid groups (broad SMARTS) is 1. The fraction of sp³-hybridized carbons (Fsp3) is 0.462. The molecule has 0 aliphatic rings. The molecule has 0 saturated heterocycles. The summed E-state index contributed by atoms with van der Waals surface area (Å²) >= 11 is 0. The molecule has 0 radical (unpaired) electrons. The highest BCUT2D eigenvalue weighted by atomic mass is 16.5. The molecule has 2 aromatic rings. The lowest BCUT2D eigenvalue weighted by molar-refractivity contribution is -0.140. The molecule has 0 amide bonds. The number of methoxy groups -OCH3 is 1. The van der Waals surface area contributed by atoms with Gasteiger partial charge in [0, 0.05) is 24.1 Å². The number of aryl methyl sites for hydroxylation is 2. The maximum atomic E-state index is 10.8. The zero-order valence-corrected chi connectivity index (χ0v) is 12.1. The number of nitrogens with zero attached hydrogens (tertiary/aromatic N) is 5. The lowest BCUT2D eigenvalue weighted by atomic mass is 10.1. The highest BCUT2D eigenvalue weighted by molar-refractivity contribution is 5.67. The fourth-order valence-electron chi connectivity index (χ4n) is 2.05. The van der Waals surface area contributed by atoms with Gasteiger partial charge in [-0.1, -0.05) is 0 Å². The predicted octanol–water partition coefficient (Wildman–Crippen LogP) is 0.842. The number of pyridine rings is 1. The quantitative estimate of drug-likeness (QED) is 0.841. The topological polar surface area (TPSA) is 103 Å². The summed E-state index contributed by atoms with van der Waals surface area (Å²) in [5, 5.41) is 20.4. The van der Waals surface area contributed by atoms with Crippen molar-refractivity contribution in [3.63, 3.8) is 0 Å². The summed E-state index contributed by atoms with van der Waals surface area (Å²) in [6.07, 6.45) is -0.607. The summed E-state index contributed by atoms with van der Waals surface area (Å²) in [5.74, 6) is -0.378. The van der Waals surface area contributed by atoms with Crippen molar-refractivity contribution in [2.24, 2.45) is 0 Å². The van der Waals surface area contributed by atoms with E-state index >= 15 is 0 Å². The Morgan fingerprint density at radius 3 is 2.81 bits per heavy atom. The van der Waals surface area contributed by atoms with Gasteiger partial charge in [0.1, 0.15) is 0 Å². The molecule has 1 atom stereocenters. The van der Waals surface area contributed by atoms with Crippen molar-refractivity contribution in [2.45, 2.75) is 32.9 Å². The van der Waals surface area contributed by atoms with E-state index in [1.54, 1.807) is 0 Å². The number of tetrazole rings is 1. The summed E-state index contributed by atoms with van der Waals surface area (Å²) < 4.78 is 6.70. The fourth-order valence-corrected chi connectivity index (χ4v) is 2.05. The monoisotopic (exact) mass is 291 g/mol. The van der Waals surface area contributed by atoms with Gasteiger partial charge in [0.2, 0.25) is 0 Å². The van der Waals surface area contributed by atoms with Crippen LogP contribution in [0.3, 0.4) is 0 Å². The van der Waals surface area contributed by atoms with Crippen molar-refractivity contribution in [3.05, 3.63) is 23.5 Å². The molecule has 2 rings (SSSR count). The normalized spacial score (nSPS) is 12.3. The molecule has 0 aromatic carbocycles. The van der Waals surface area contributed by atoms with Gasteiger partial charge in [-0.3, -0.25) is 9.78 Å². The lowest BCUT2D eigenvalue weighted by Gasteiger charge is -2.14. The highest BCUT2D eigenvalue weighted by Crippen LogP contribution is 2.20. The number of hydrogen-bond acceptors (Lipinski definition) is 6. The molecule has 2 aromatic heterocycles. The number of hydrogen-bond donors (Lipinski definition) is 1. The Labute approximate surface area is 121 Å². The first-order chi connectivity index (χ1) is 10.0. The molecule has 21 heavy (non-hydrogen) atoms. The molecule has 0 fully saturated rings. The van der Waals surface area contributed by atoms with Crippen molar-refractivity contribution in [1.82, 2.24) is 25.2 Å². The van der Waals surface area contributed by atoms with E-state index in [9.17, 15) is 4.79 Å². The van der Waals surface area contributed by atoms with Crippen molar-refractivity contribution in [1.29, 1.82) is 0 Å². The smallest absolute Gasteiger partial charge is 0.306 e. The van der Waals surface area contributed by atoms with Gasteiger partial charge in [0.25, 0.3) is 0 Å². The van der Waals surface area contributed by atoms with Crippen molar-refractivity contribution < 1.29 is 14.6 Å². The van der Waals surface area contributed by atoms with Crippen LogP contribution in [-0.4, -0.2) is 49.5 Å². The molecular formula is C13H17N5O3. The van der Waals surface area contributed by atoms with Crippen LogP contribution < -0.4 is 0 Å². The second-order valence-electron chi connectivity index (χ2n) is 4.73. The van der Waals surface area contributed by atoms with E-state index in [4.69, 9.17) is 9.84 Å². The number of aliphatic carboxylic acids is 1. The van der Waals surface area contributed by atoms with E-state index in [0.29, 0.717) is 5.82 Å². The minimum atomic E-state index is -0.926. The first-order valence-corrected chi connectivity index (χ1v) is 6.46. The first kappa shape index (κ1) is 15.0. The standard InChI is InChI=1S/C13H17N5O3/c1-8-4-5-11(9(2)14-8)13-15-16-17-18(13)7-10(21-3)6-12(19)20/h4-5,10H,6-7H2,1-3H3,(H,19,20). The number of carboxylic acids is 1. The van der Waals surface area contributed by atoms with E-state index in [-0.39, 0.29) is 13.0 Å². The van der Waals surface area contributed by atoms with Gasteiger partial charge in [-0.15, -0.1) is 5.10 Å². The molecule has 8 heteroatoms. The average molecular weight is 291 g/mol. The molecule has 1 N–H and O–H groups in total. The zero-order chi connectivity index (χ0) is 15.4. The van der Waals surface area contributed by atoms with E-state index in [2.05, 4.69) is 20.5 Å². The molecule has 2 heterocycles. The van der Waals surface area contributed by atoms with Crippen LogP contribution in [-0.2, 0) is 16.1 Å². The van der Waals surface area contributed by atoms with Crippen LogP contribution in [0.15, 0.2) is 12.1 Å². The molecule has 1 unspecified atom stereocenters. The van der Waals surface area contributed by atoms with E-state index in [0.717, 1.165) is 17.0 Å². The number of ether oxygens (including phenoxy) is 1. The third-order valence-corrected chi connectivity index (χ3v) is 3.11. The molecule has 0 spiro atoms. The largest absolute Gasteiger partial charge is 0.481 e. The third-order valence-electron chi connectivity index (χ3n) is 3.11. The highest BCUT2D eigenvalue weighted by Gasteiger charge is 2.18. The summed E-state index contributed by atoms with van der Waals surface area (Å²) in [5.41, 5.74) is 2.55. The molecule has 0 bridgehead atoms. The SMILES string of the molecule is COC(CC(=O)O)Cn1nnnc1-c1ccc(C)nc1C. The average Bonchev–Trinajstić information content (AvgIpc) is 2.85. The molecular weight excluding hydrogens is 274 g/mol. The van der Waals surface area contributed by atoms with Gasteiger partial charge >= 0.3 is 5.97 Å². The van der Waals surface area contributed by atoms with Crippen LogP contribution in [0.2, 0.25) is 0 Å². The Morgan fingerprint density at radius 2 is 2.19 bits per heavy atom. The molecule has 112 valence electrons. The van der Waals surface area contributed by atoms with Crippen LogP contribution in [0.1, 0.15) is 17.8 Å². The third kappa shape index (κ3) is 3.60. The number of aromatic nitrogens is 5. The number of rotatable bonds is 6. The van der Waals surface area contributed by atoms with E-state index in [1.165, 1.54) is 11.8 Å². The molecule has 0 aliphatic heterocycles. The van der Waals surface area contributed by atoms with Crippen LogP contribution >= 0.6 is 0 Å². The van der Waals surface area contributed by atoms with Gasteiger partial charge in [0.05, 0.1) is 19.1 Å². The minimum absolute atomic E-state index is 0.110. The second-order valence-corrected chi connectivity index (χ2v) is 4.73. The first-order valence-electron chi connectivity index (χ1n) is 6.46. The molecule has 0 saturated carbocycles. The Morgan fingerprint density at radius 1 is 1.43 bits per heavy atom. The van der Waals surface area contributed by atoms with Gasteiger partial charge in [0.15, 0.2) is 5.82 Å². The Bertz CT molecular complexity index is 640. The molecule has 0 aliphatic carbocycles. The van der Waals surface area contributed by atoms with Gasteiger partial charge < -0.3 is 9.84 Å². The zero-order valence-electron chi connectivity index (χ0n) is 12.1. The summed E-state index contributed by atoms with van der Waals surface area (Å²) in [7, 11) is 1.47. The maximum absolute atomic E-state index is 10.8. The van der Waals surface area contributed by atoms with Gasteiger partial charge in [-0.25, -0.2) is 4.68 Å². The number of carbonyl (C=O) groups is 1. The molecule has 8 nitrogen and oxygen atoms in total. The Hall–Kier alpha value is -2.35. The summed E-state index contributed by atoms with van der Waals surface area (Å²) in [4.78, 5) is 15.2. The van der Waals surface area contributed by atoms with Crippen LogP contribution in [0.25, 0.3) is 11.4 Å². The predicted molar refractivity (Wildman–Crippen MR) is 73.6 cm³/mol. The van der Waals surface area contributed by atoms with Crippen molar-refractivity contribution >= 4 is 5.97 Å². The Balaban J connectivity index is 2.27. The van der Waals surface area contributed by atoms with E-state index in [1.807, 2.05) is 26.0 Å². The van der Waals surface area contributed by atoms with Crippen molar-refractivity contribution in [2.75, 3.05) is 7.11 Å². The minimum Gasteiger partial charge on any atom is -0.481 e. The maximum Gasteiger partial charge on any atom is 0.306 e. The van der Waals surface area contributed by atoms with Crippen molar-refractivity contribution in [3.8, 4) is 11.4 Å². The summed E-state index contributed by atoms with van der Waals surface area (Å²) in [6, 6.07) is 3.78. The van der Waals surface area contributed by atoms with E-state index < -0.39 is 12.1 Å². The second kappa shape index (κ2) is 6.40. The Kier molecular flexibility index (Phi) is 4.59. The van der Waals surface area contributed by atoms with Crippen LogP contribution in [0.4, 0.5) is 0 Å². The van der Waals surface area contributed by atoms with Crippen LogP contribution in [0, 0.1) is 13.8 Å². The van der Waals surface area contributed by atoms with Gasteiger partial charge in [-0.2, -0.15) is 0 Å².